The number of halogens is 3. The van der Waals surface area contributed by atoms with Crippen molar-refractivity contribution in [1.29, 1.82) is 0 Å². The molecule has 0 aromatic heterocycles. The Bertz CT molecular complexity index is 985. The third-order valence-corrected chi connectivity index (χ3v) is 4.60. The molecule has 0 spiro atoms. The minimum atomic E-state index is -1.27. The Balaban J connectivity index is 2.05. The van der Waals surface area contributed by atoms with E-state index in [-0.39, 0.29) is 5.69 Å². The minimum absolute atomic E-state index is 0.340. The molecule has 10 heteroatoms. The van der Waals surface area contributed by atoms with E-state index in [1.54, 1.807) is 24.3 Å². The molecule has 2 aromatic rings. The first-order chi connectivity index (χ1) is 13.2. The highest BCUT2D eigenvalue weighted by molar-refractivity contribution is 9.10. The molecule has 7 nitrogen and oxygen atoms in total. The van der Waals surface area contributed by atoms with E-state index in [2.05, 4.69) is 21.2 Å². The van der Waals surface area contributed by atoms with Gasteiger partial charge in [0.25, 0.3) is 11.8 Å². The molecule has 0 radical (unpaired) electrons. The van der Waals surface area contributed by atoms with E-state index in [9.17, 15) is 28.4 Å². The highest BCUT2D eigenvalue weighted by atomic mass is 79.9. The largest absolute Gasteiger partial charge is 0.324 e. The van der Waals surface area contributed by atoms with Crippen LogP contribution in [-0.2, 0) is 9.59 Å². The molecule has 1 unspecified atom stereocenters. The molecule has 28 heavy (non-hydrogen) atoms. The lowest BCUT2D eigenvalue weighted by Gasteiger charge is -2.27. The van der Waals surface area contributed by atoms with Crippen molar-refractivity contribution < 1.29 is 28.4 Å². The molecular weight excluding hydrogens is 440 g/mol. The number of rotatable bonds is 3. The Morgan fingerprint density at radius 3 is 2.61 bits per heavy atom. The second kappa shape index (κ2) is 7.64. The molecule has 2 aromatic carbocycles. The molecule has 1 fully saturated rings. The van der Waals surface area contributed by atoms with Crippen molar-refractivity contribution in [2.24, 2.45) is 0 Å². The number of nitrogens with zero attached hydrogens (tertiary/aromatic N) is 2. The molecule has 2 N–H and O–H groups in total. The quantitative estimate of drug-likeness (QED) is 0.698. The third kappa shape index (κ3) is 3.60. The maximum absolute atomic E-state index is 14.7. The van der Waals surface area contributed by atoms with Gasteiger partial charge in [0.05, 0.1) is 5.69 Å². The van der Waals surface area contributed by atoms with Crippen molar-refractivity contribution in [1.82, 2.24) is 9.96 Å². The predicted octanol–water partition coefficient (Wildman–Crippen LogP) is 3.06. The fourth-order valence-electron chi connectivity index (χ4n) is 2.92. The molecule has 3 rings (SSSR count). The summed E-state index contributed by atoms with van der Waals surface area (Å²) in [6, 6.07) is 8.26. The summed E-state index contributed by atoms with van der Waals surface area (Å²) in [4.78, 5) is 37.0. The lowest BCUT2D eigenvalue weighted by Crippen LogP contribution is -2.35. The van der Waals surface area contributed by atoms with E-state index >= 15 is 0 Å². The van der Waals surface area contributed by atoms with Gasteiger partial charge in [0.2, 0.25) is 5.91 Å². The number of carbonyl (C=O) groups is 3. The Labute approximate surface area is 166 Å². The molecule has 1 aliphatic heterocycles. The first kappa shape index (κ1) is 19.9. The molecule has 146 valence electrons. The Hall–Kier alpha value is -2.85. The maximum atomic E-state index is 14.7. The summed E-state index contributed by atoms with van der Waals surface area (Å²) in [5.74, 6) is -4.98. The highest BCUT2D eigenvalue weighted by Gasteiger charge is 2.43. The van der Waals surface area contributed by atoms with Crippen molar-refractivity contribution in [3.8, 4) is 0 Å². The summed E-state index contributed by atoms with van der Waals surface area (Å²) in [7, 11) is 0. The van der Waals surface area contributed by atoms with Crippen LogP contribution in [0.4, 0.5) is 14.5 Å². The Kier molecular flexibility index (Phi) is 5.43. The first-order valence-corrected chi connectivity index (χ1v) is 8.83. The number of anilines is 1. The molecule has 1 saturated heterocycles. The van der Waals surface area contributed by atoms with Crippen LogP contribution in [0.2, 0.25) is 0 Å². The zero-order valence-electron chi connectivity index (χ0n) is 14.4. The Morgan fingerprint density at radius 2 is 1.96 bits per heavy atom. The summed E-state index contributed by atoms with van der Waals surface area (Å²) in [5, 5.41) is 12.6. The van der Waals surface area contributed by atoms with Crippen LogP contribution in [0, 0.1) is 11.6 Å². The van der Waals surface area contributed by atoms with Crippen molar-refractivity contribution in [2.45, 2.75) is 13.1 Å². The van der Waals surface area contributed by atoms with E-state index in [1.807, 2.05) is 0 Å². The molecule has 1 atom stereocenters. The highest BCUT2D eigenvalue weighted by Crippen LogP contribution is 2.33. The first-order valence-electron chi connectivity index (χ1n) is 8.03. The fraction of sp³-hybridized carbons (Fsp3) is 0.167. The van der Waals surface area contributed by atoms with Crippen LogP contribution in [0.25, 0.3) is 0 Å². The molecule has 3 amide bonds. The normalized spacial score (nSPS) is 16.5. The second-order valence-corrected chi connectivity index (χ2v) is 6.98. The third-order valence-electron chi connectivity index (χ3n) is 4.11. The van der Waals surface area contributed by atoms with E-state index in [4.69, 9.17) is 0 Å². The molecule has 1 heterocycles. The van der Waals surface area contributed by atoms with Gasteiger partial charge in [0, 0.05) is 11.4 Å². The van der Waals surface area contributed by atoms with E-state index in [1.165, 1.54) is 0 Å². The van der Waals surface area contributed by atoms with Crippen LogP contribution in [0.5, 0.6) is 0 Å². The zero-order valence-corrected chi connectivity index (χ0v) is 16.0. The van der Waals surface area contributed by atoms with Gasteiger partial charge in [-0.25, -0.2) is 8.78 Å². The van der Waals surface area contributed by atoms with E-state index in [0.717, 1.165) is 24.0 Å². The van der Waals surface area contributed by atoms with Crippen molar-refractivity contribution >= 4 is 39.3 Å². The zero-order chi connectivity index (χ0) is 20.6. The van der Waals surface area contributed by atoms with E-state index < -0.39 is 47.6 Å². The average molecular weight is 454 g/mol. The van der Waals surface area contributed by atoms with Gasteiger partial charge in [-0.2, -0.15) is 5.06 Å². The summed E-state index contributed by atoms with van der Waals surface area (Å²) in [6.45, 7) is 0.562. The minimum Gasteiger partial charge on any atom is -0.324 e. The number of hydrogen-bond donors (Lipinski definition) is 2. The van der Waals surface area contributed by atoms with Crippen molar-refractivity contribution in [3.63, 3.8) is 0 Å². The van der Waals surface area contributed by atoms with Gasteiger partial charge in [0.15, 0.2) is 12.0 Å². The predicted molar refractivity (Wildman–Crippen MR) is 97.2 cm³/mol. The molecule has 0 bridgehead atoms. The van der Waals surface area contributed by atoms with Crippen LogP contribution in [0.15, 0.2) is 40.9 Å². The number of nitrogens with one attached hydrogen (secondary N) is 1. The maximum Gasteiger partial charge on any atom is 0.267 e. The van der Waals surface area contributed by atoms with Crippen LogP contribution in [0.1, 0.15) is 29.0 Å². The number of hydroxylamine groups is 2. The standard InChI is InChI=1S/C18H14BrF2N3O4/c1-9(25)22-13-6-5-12(20)15(16(13)21)18(27)23-8-14(26)24(28)17(23)10-3-2-4-11(19)7-10/h2-7,17,28H,8H2,1H3,(H,22,25). The van der Waals surface area contributed by atoms with Gasteiger partial charge in [-0.1, -0.05) is 28.1 Å². The van der Waals surface area contributed by atoms with Crippen LogP contribution < -0.4 is 5.32 Å². The smallest absolute Gasteiger partial charge is 0.267 e. The molecule has 1 aliphatic rings. The summed E-state index contributed by atoms with van der Waals surface area (Å²) < 4.78 is 29.6. The summed E-state index contributed by atoms with van der Waals surface area (Å²) in [5.41, 5.74) is -0.952. The monoisotopic (exact) mass is 453 g/mol. The van der Waals surface area contributed by atoms with E-state index in [0.29, 0.717) is 15.1 Å². The topological polar surface area (TPSA) is 90.0 Å². The van der Waals surface area contributed by atoms with Crippen LogP contribution in [-0.4, -0.2) is 39.4 Å². The van der Waals surface area contributed by atoms with Gasteiger partial charge in [-0.05, 0) is 29.8 Å². The Morgan fingerprint density at radius 1 is 1.25 bits per heavy atom. The second-order valence-electron chi connectivity index (χ2n) is 6.07. The number of amides is 3. The number of carbonyl (C=O) groups excluding carboxylic acids is 3. The van der Waals surface area contributed by atoms with Gasteiger partial charge < -0.3 is 10.2 Å². The number of hydrogen-bond acceptors (Lipinski definition) is 4. The van der Waals surface area contributed by atoms with Gasteiger partial charge in [-0.3, -0.25) is 19.6 Å². The van der Waals surface area contributed by atoms with Gasteiger partial charge in [0.1, 0.15) is 17.9 Å². The fourth-order valence-corrected chi connectivity index (χ4v) is 3.34. The van der Waals surface area contributed by atoms with Crippen LogP contribution >= 0.6 is 15.9 Å². The lowest BCUT2D eigenvalue weighted by molar-refractivity contribution is -0.168. The average Bonchev–Trinajstić information content (AvgIpc) is 2.92. The summed E-state index contributed by atoms with van der Waals surface area (Å²) in [6.07, 6.45) is -1.26. The summed E-state index contributed by atoms with van der Waals surface area (Å²) >= 11 is 3.25. The SMILES string of the molecule is CC(=O)Nc1ccc(F)c(C(=O)N2CC(=O)N(O)C2c2cccc(Br)c2)c1F. The van der Waals surface area contributed by atoms with Crippen LogP contribution in [0.3, 0.4) is 0 Å². The number of benzene rings is 2. The molecule has 0 saturated carbocycles. The van der Waals surface area contributed by atoms with Crippen molar-refractivity contribution in [2.75, 3.05) is 11.9 Å². The lowest BCUT2D eigenvalue weighted by atomic mass is 10.1. The van der Waals surface area contributed by atoms with Gasteiger partial charge in [-0.15, -0.1) is 0 Å². The molecular formula is C18H14BrF2N3O4. The van der Waals surface area contributed by atoms with Crippen molar-refractivity contribution in [3.05, 3.63) is 63.6 Å². The molecule has 0 aliphatic carbocycles. The van der Waals surface area contributed by atoms with Gasteiger partial charge >= 0.3 is 0 Å².